The van der Waals surface area contributed by atoms with Crippen LogP contribution >= 0.6 is 0 Å². The first-order chi connectivity index (χ1) is 19.0. The summed E-state index contributed by atoms with van der Waals surface area (Å²) in [6, 6.07) is 4.94. The third-order valence-electron chi connectivity index (χ3n) is 6.71. The molecule has 1 aromatic heterocycles. The fourth-order valence-electron chi connectivity index (χ4n) is 4.33. The van der Waals surface area contributed by atoms with Crippen LogP contribution in [0.5, 0.6) is 0 Å². The molecule has 14 atom stereocenters. The van der Waals surface area contributed by atoms with E-state index < -0.39 is 106 Å². The maximum Gasteiger partial charge on any atom is 0.187 e. The first kappa shape index (κ1) is 32.9. The zero-order chi connectivity index (χ0) is 29.6. The summed E-state index contributed by atoms with van der Waals surface area (Å²) < 4.78 is 21.6. The molecule has 17 nitrogen and oxygen atoms in total. The molecule has 0 radical (unpaired) electrons. The molecule has 0 bridgehead atoms. The first-order valence-electron chi connectivity index (χ1n) is 12.6. The minimum Gasteiger partial charge on any atom is -0.394 e. The molecule has 2 saturated heterocycles. The van der Waals surface area contributed by atoms with Gasteiger partial charge in [0.2, 0.25) is 0 Å². The first-order valence-corrected chi connectivity index (χ1v) is 12.6. The molecule has 0 aliphatic carbocycles. The molecule has 17 heteroatoms. The van der Waals surface area contributed by atoms with E-state index in [1.807, 2.05) is 0 Å². The summed E-state index contributed by atoms with van der Waals surface area (Å²) in [4.78, 5) is 4.00. The molecule has 3 heterocycles. The monoisotopic (exact) mass is 582 g/mol. The average Bonchev–Trinajstić information content (AvgIpc) is 2.97. The van der Waals surface area contributed by atoms with Crippen molar-refractivity contribution in [3.63, 3.8) is 0 Å². The summed E-state index contributed by atoms with van der Waals surface area (Å²) in [5.74, 6) is 0.368. The lowest BCUT2D eigenvalue weighted by molar-refractivity contribution is -0.368. The highest BCUT2D eigenvalue weighted by Gasteiger charge is 2.52. The number of nitrogens with one attached hydrogen (secondary N) is 1. The van der Waals surface area contributed by atoms with E-state index in [2.05, 4.69) is 10.3 Å². The Kier molecular flexibility index (Phi) is 12.3. The molecule has 3 rings (SSSR count). The Hall–Kier alpha value is -1.65. The van der Waals surface area contributed by atoms with Crippen LogP contribution in [0.25, 0.3) is 0 Å². The van der Waals surface area contributed by atoms with Crippen molar-refractivity contribution in [2.24, 2.45) is 0 Å². The molecule has 0 saturated carbocycles. The Balaban J connectivity index is 1.74. The summed E-state index contributed by atoms with van der Waals surface area (Å²) in [6.07, 6.45) is -23.0. The number of ether oxygens (including phenoxy) is 4. The average molecular weight is 583 g/mol. The van der Waals surface area contributed by atoms with Crippen LogP contribution in [-0.4, -0.2) is 173 Å². The molecule has 0 aromatic carbocycles. The van der Waals surface area contributed by atoms with E-state index in [1.54, 1.807) is 18.2 Å². The fraction of sp³-hybridized carbons (Fsp3) is 0.783. The molecule has 0 spiro atoms. The topological polar surface area (TPSA) is 284 Å². The maximum absolute atomic E-state index is 10.9. The van der Waals surface area contributed by atoms with Gasteiger partial charge in [0, 0.05) is 12.7 Å². The van der Waals surface area contributed by atoms with E-state index in [4.69, 9.17) is 18.9 Å². The number of rotatable bonds is 13. The Morgan fingerprint density at radius 3 is 2.05 bits per heavy atom. The number of hydrogen-bond acceptors (Lipinski definition) is 17. The van der Waals surface area contributed by atoms with Crippen molar-refractivity contribution in [3.05, 3.63) is 24.4 Å². The maximum atomic E-state index is 10.9. The fourth-order valence-corrected chi connectivity index (χ4v) is 4.33. The van der Waals surface area contributed by atoms with Gasteiger partial charge in [0.1, 0.15) is 73.0 Å². The van der Waals surface area contributed by atoms with Gasteiger partial charge in [0.05, 0.1) is 25.9 Å². The minimum absolute atomic E-state index is 0.273. The summed E-state index contributed by atoms with van der Waals surface area (Å²) in [6.45, 7) is -2.83. The van der Waals surface area contributed by atoms with Gasteiger partial charge in [-0.25, -0.2) is 4.98 Å². The van der Waals surface area contributed by atoms with E-state index in [0.29, 0.717) is 5.82 Å². The minimum atomic E-state index is -1.96. The Bertz CT molecular complexity index is 872. The van der Waals surface area contributed by atoms with Gasteiger partial charge in [-0.05, 0) is 12.1 Å². The highest BCUT2D eigenvalue weighted by atomic mass is 16.7. The van der Waals surface area contributed by atoms with Crippen LogP contribution in [0.3, 0.4) is 0 Å². The molecule has 2 aliphatic rings. The van der Waals surface area contributed by atoms with E-state index in [-0.39, 0.29) is 6.54 Å². The quantitative estimate of drug-likeness (QED) is 0.103. The lowest BCUT2D eigenvalue weighted by Gasteiger charge is -2.46. The van der Waals surface area contributed by atoms with Gasteiger partial charge < -0.3 is 80.4 Å². The van der Waals surface area contributed by atoms with Gasteiger partial charge in [-0.2, -0.15) is 0 Å². The zero-order valence-corrected chi connectivity index (χ0v) is 21.2. The Morgan fingerprint density at radius 1 is 0.800 bits per heavy atom. The molecule has 40 heavy (non-hydrogen) atoms. The largest absolute Gasteiger partial charge is 0.394 e. The standard InChI is InChI=1S/C23H38N2O15/c26-6-10(30)20(14(31)9(29)5-25-13-3-1-2-4-24-13)39-23-19(36)21(16(33)12(8-28)38-23)40-22-18(35)17(34)15(32)11(7-27)37-22/h1-4,9-12,14-23,26-36H,5-8H2,(H,24,25)/t9-,10+,11+,12+,14+,15-,16-,17-,18+,19+,20+,21-,22-,23-/m0/s1. The molecule has 0 unspecified atom stereocenters. The van der Waals surface area contributed by atoms with Crippen molar-refractivity contribution in [3.8, 4) is 0 Å². The summed E-state index contributed by atoms with van der Waals surface area (Å²) in [7, 11) is 0. The van der Waals surface area contributed by atoms with Crippen molar-refractivity contribution in [1.29, 1.82) is 0 Å². The van der Waals surface area contributed by atoms with Crippen LogP contribution in [0.4, 0.5) is 5.82 Å². The summed E-state index contributed by atoms with van der Waals surface area (Å²) >= 11 is 0. The second kappa shape index (κ2) is 15.0. The van der Waals surface area contributed by atoms with Crippen LogP contribution in [0.15, 0.2) is 24.4 Å². The molecular weight excluding hydrogens is 544 g/mol. The lowest BCUT2D eigenvalue weighted by Crippen LogP contribution is -2.65. The number of nitrogens with zero attached hydrogens (tertiary/aromatic N) is 1. The highest BCUT2D eigenvalue weighted by Crippen LogP contribution is 2.30. The molecular formula is C23H38N2O15. The number of aliphatic hydroxyl groups excluding tert-OH is 11. The van der Waals surface area contributed by atoms with Crippen LogP contribution in [0, 0.1) is 0 Å². The van der Waals surface area contributed by atoms with Gasteiger partial charge in [0.15, 0.2) is 12.6 Å². The van der Waals surface area contributed by atoms with Gasteiger partial charge in [-0.15, -0.1) is 0 Å². The normalized spacial score (nSPS) is 37.9. The van der Waals surface area contributed by atoms with Crippen LogP contribution in [0.2, 0.25) is 0 Å². The van der Waals surface area contributed by atoms with Crippen LogP contribution < -0.4 is 5.32 Å². The second-order valence-corrected chi connectivity index (χ2v) is 9.51. The molecule has 2 aliphatic heterocycles. The smallest absolute Gasteiger partial charge is 0.187 e. The SMILES string of the molecule is OC[C@@H](O)[C@@H](O[C@@H]1O[C@H](CO)[C@H](O)[C@H](O[C@@H]2O[C@H](CO)[C@H](O)[C@H](O)[C@H]2O)[C@H]1O)[C@H](O)[C@@H](O)CNc1ccccn1. The van der Waals surface area contributed by atoms with Gasteiger partial charge in [-0.3, -0.25) is 0 Å². The van der Waals surface area contributed by atoms with Gasteiger partial charge >= 0.3 is 0 Å². The van der Waals surface area contributed by atoms with E-state index >= 15 is 0 Å². The molecule has 1 aromatic rings. The van der Waals surface area contributed by atoms with Crippen molar-refractivity contribution >= 4 is 5.82 Å². The molecule has 0 amide bonds. The lowest BCUT2D eigenvalue weighted by atomic mass is 9.96. The number of aromatic nitrogens is 1. The predicted octanol–water partition coefficient (Wildman–Crippen LogP) is -6.42. The zero-order valence-electron chi connectivity index (χ0n) is 21.2. The molecule has 12 N–H and O–H groups in total. The van der Waals surface area contributed by atoms with E-state index in [9.17, 15) is 56.2 Å². The van der Waals surface area contributed by atoms with Crippen molar-refractivity contribution in [1.82, 2.24) is 4.98 Å². The van der Waals surface area contributed by atoms with E-state index in [0.717, 1.165) is 0 Å². The summed E-state index contributed by atoms with van der Waals surface area (Å²) in [5, 5.41) is 115. The Labute approximate surface area is 228 Å². The third-order valence-corrected chi connectivity index (χ3v) is 6.71. The summed E-state index contributed by atoms with van der Waals surface area (Å²) in [5.41, 5.74) is 0. The van der Waals surface area contributed by atoms with Crippen molar-refractivity contribution in [2.45, 2.75) is 85.8 Å². The van der Waals surface area contributed by atoms with Crippen molar-refractivity contribution in [2.75, 3.05) is 31.7 Å². The third kappa shape index (κ3) is 7.59. The molecule has 2 fully saturated rings. The van der Waals surface area contributed by atoms with Crippen molar-refractivity contribution < 1.29 is 75.1 Å². The van der Waals surface area contributed by atoms with Crippen LogP contribution in [-0.2, 0) is 18.9 Å². The number of anilines is 1. The van der Waals surface area contributed by atoms with Gasteiger partial charge in [0.25, 0.3) is 0 Å². The number of hydrogen-bond donors (Lipinski definition) is 12. The van der Waals surface area contributed by atoms with E-state index in [1.165, 1.54) is 6.20 Å². The predicted molar refractivity (Wildman–Crippen MR) is 129 cm³/mol. The highest BCUT2D eigenvalue weighted by molar-refractivity contribution is 5.33. The second-order valence-electron chi connectivity index (χ2n) is 9.51. The number of pyridine rings is 1. The molecule has 230 valence electrons. The number of aliphatic hydroxyl groups is 11. The van der Waals surface area contributed by atoms with Crippen LogP contribution in [0.1, 0.15) is 0 Å². The van der Waals surface area contributed by atoms with Gasteiger partial charge in [-0.1, -0.05) is 6.07 Å². The Morgan fingerprint density at radius 2 is 1.45 bits per heavy atom.